The van der Waals surface area contributed by atoms with Gasteiger partial charge in [0.25, 0.3) is 0 Å². The third-order valence-corrected chi connectivity index (χ3v) is 7.04. The summed E-state index contributed by atoms with van der Waals surface area (Å²) in [6.45, 7) is 4.32. The Morgan fingerprint density at radius 1 is 0.872 bits per heavy atom. The molecule has 6 nitrogen and oxygen atoms in total. The molecule has 0 saturated carbocycles. The number of amides is 1. The van der Waals surface area contributed by atoms with E-state index in [2.05, 4.69) is 41.3 Å². The van der Waals surface area contributed by atoms with Crippen molar-refractivity contribution in [2.75, 3.05) is 40.5 Å². The van der Waals surface area contributed by atoms with E-state index in [1.807, 2.05) is 65.6 Å². The molecule has 39 heavy (non-hydrogen) atoms. The molecule has 1 aliphatic heterocycles. The Morgan fingerprint density at radius 2 is 1.54 bits per heavy atom. The van der Waals surface area contributed by atoms with Gasteiger partial charge in [0.05, 0.1) is 26.9 Å². The van der Waals surface area contributed by atoms with Crippen molar-refractivity contribution in [1.82, 2.24) is 9.80 Å². The van der Waals surface area contributed by atoms with Crippen molar-refractivity contribution in [3.63, 3.8) is 0 Å². The van der Waals surface area contributed by atoms with Crippen LogP contribution >= 0.6 is 0 Å². The van der Waals surface area contributed by atoms with Crippen molar-refractivity contribution >= 4 is 5.91 Å². The molecule has 0 radical (unpaired) electrons. The predicted molar refractivity (Wildman–Crippen MR) is 154 cm³/mol. The second-order valence-corrected chi connectivity index (χ2v) is 9.97. The number of benzene rings is 3. The number of nitrogens with zero attached hydrogens (tertiary/aromatic N) is 2. The molecule has 0 aromatic heterocycles. The topological polar surface area (TPSA) is 51.0 Å². The van der Waals surface area contributed by atoms with Gasteiger partial charge in [-0.15, -0.1) is 0 Å². The van der Waals surface area contributed by atoms with Crippen LogP contribution in [0.2, 0.25) is 0 Å². The summed E-state index contributed by atoms with van der Waals surface area (Å²) in [5, 5.41) is 0. The van der Waals surface area contributed by atoms with Gasteiger partial charge in [-0.2, -0.15) is 0 Å². The maximum absolute atomic E-state index is 14.0. The standard InChI is InChI=1S/C33H40N2O4/c1-37-27-33(26-35(33)24-29-15-9-6-10-16-29)32(36)34(23-28-13-7-5-8-14-28)21-11-3-4-12-22-39-25-30-17-19-31(38-2)20-18-30/h3-10,13-20H,11-12,21-27H2,1-2H3/b4-3-. The smallest absolute Gasteiger partial charge is 0.247 e. The molecule has 206 valence electrons. The van der Waals surface area contributed by atoms with Crippen molar-refractivity contribution < 1.29 is 19.0 Å². The molecule has 0 N–H and O–H groups in total. The summed E-state index contributed by atoms with van der Waals surface area (Å²) in [7, 11) is 3.34. The SMILES string of the molecule is COCC1(C(=O)N(CC/C=C\CCOCc2ccc(OC)cc2)Cc2ccccc2)CN1Cc1ccccc1. The van der Waals surface area contributed by atoms with Crippen LogP contribution in [0.25, 0.3) is 0 Å². The molecule has 1 heterocycles. The zero-order valence-electron chi connectivity index (χ0n) is 23.1. The fourth-order valence-electron chi connectivity index (χ4n) is 4.81. The molecule has 6 heteroatoms. The van der Waals surface area contributed by atoms with Gasteiger partial charge in [0.1, 0.15) is 11.3 Å². The lowest BCUT2D eigenvalue weighted by molar-refractivity contribution is -0.137. The monoisotopic (exact) mass is 528 g/mol. The van der Waals surface area contributed by atoms with Crippen LogP contribution in [0.15, 0.2) is 97.1 Å². The first-order chi connectivity index (χ1) is 19.1. The van der Waals surface area contributed by atoms with E-state index in [9.17, 15) is 4.79 Å². The molecule has 1 saturated heterocycles. The number of hydrogen-bond donors (Lipinski definition) is 0. The lowest BCUT2D eigenvalue weighted by Crippen LogP contribution is -2.46. The summed E-state index contributed by atoms with van der Waals surface area (Å²) in [4.78, 5) is 18.2. The van der Waals surface area contributed by atoms with E-state index in [1.165, 1.54) is 5.56 Å². The average molecular weight is 529 g/mol. The van der Waals surface area contributed by atoms with Gasteiger partial charge >= 0.3 is 0 Å². The Morgan fingerprint density at radius 3 is 2.21 bits per heavy atom. The Kier molecular flexibility index (Phi) is 10.7. The molecule has 1 fully saturated rings. The zero-order valence-corrected chi connectivity index (χ0v) is 23.1. The van der Waals surface area contributed by atoms with E-state index in [0.717, 1.165) is 36.3 Å². The molecule has 2 unspecified atom stereocenters. The first-order valence-corrected chi connectivity index (χ1v) is 13.6. The Bertz CT molecular complexity index is 1170. The predicted octanol–water partition coefficient (Wildman–Crippen LogP) is 5.48. The van der Waals surface area contributed by atoms with Gasteiger partial charge in [-0.25, -0.2) is 0 Å². The van der Waals surface area contributed by atoms with Crippen molar-refractivity contribution in [2.24, 2.45) is 0 Å². The molecule has 0 spiro atoms. The quantitative estimate of drug-likeness (QED) is 0.140. The molecule has 4 rings (SSSR count). The third-order valence-electron chi connectivity index (χ3n) is 7.04. The van der Waals surface area contributed by atoms with Crippen LogP contribution in [0.5, 0.6) is 5.75 Å². The van der Waals surface area contributed by atoms with Crippen LogP contribution in [0.1, 0.15) is 29.5 Å². The maximum atomic E-state index is 14.0. The lowest BCUT2D eigenvalue weighted by atomic mass is 10.1. The third kappa shape index (κ3) is 8.27. The molecule has 3 aromatic carbocycles. The molecule has 1 aliphatic rings. The molecule has 2 atom stereocenters. The molecular formula is C33H40N2O4. The van der Waals surface area contributed by atoms with Crippen LogP contribution in [-0.2, 0) is 34.0 Å². The second kappa shape index (κ2) is 14.6. The zero-order chi connectivity index (χ0) is 27.3. The average Bonchev–Trinajstić information content (AvgIpc) is 3.67. The normalized spacial score (nSPS) is 18.3. The minimum Gasteiger partial charge on any atom is -0.497 e. The lowest BCUT2D eigenvalue weighted by Gasteiger charge is -2.28. The van der Waals surface area contributed by atoms with E-state index >= 15 is 0 Å². The molecule has 0 aliphatic carbocycles. The Hall–Kier alpha value is -3.45. The number of methoxy groups -OCH3 is 2. The molecule has 1 amide bonds. The summed E-state index contributed by atoms with van der Waals surface area (Å²) in [6.07, 6.45) is 5.92. The van der Waals surface area contributed by atoms with Gasteiger partial charge in [0.2, 0.25) is 5.91 Å². The fraction of sp³-hybridized carbons (Fsp3) is 0.364. The van der Waals surface area contributed by atoms with E-state index in [-0.39, 0.29) is 5.91 Å². The van der Waals surface area contributed by atoms with Gasteiger partial charge in [-0.3, -0.25) is 9.69 Å². The van der Waals surface area contributed by atoms with Gasteiger partial charge in [-0.05, 0) is 41.7 Å². The number of rotatable bonds is 16. The summed E-state index contributed by atoms with van der Waals surface area (Å²) in [6, 6.07) is 28.4. The summed E-state index contributed by atoms with van der Waals surface area (Å²) >= 11 is 0. The molecule has 3 aromatic rings. The number of hydrogen-bond acceptors (Lipinski definition) is 5. The summed E-state index contributed by atoms with van der Waals surface area (Å²) < 4.78 is 16.6. The highest BCUT2D eigenvalue weighted by Gasteiger charge is 2.59. The van der Waals surface area contributed by atoms with Crippen LogP contribution in [0.3, 0.4) is 0 Å². The van der Waals surface area contributed by atoms with E-state index in [1.54, 1.807) is 14.2 Å². The maximum Gasteiger partial charge on any atom is 0.247 e. The van der Waals surface area contributed by atoms with Crippen molar-refractivity contribution in [3.05, 3.63) is 114 Å². The van der Waals surface area contributed by atoms with Crippen LogP contribution < -0.4 is 4.74 Å². The molecule has 0 bridgehead atoms. The van der Waals surface area contributed by atoms with Gasteiger partial charge in [0, 0.05) is 33.3 Å². The Balaban J connectivity index is 1.30. The van der Waals surface area contributed by atoms with Gasteiger partial charge in [0.15, 0.2) is 0 Å². The first-order valence-electron chi connectivity index (χ1n) is 13.6. The highest BCUT2D eigenvalue weighted by atomic mass is 16.5. The minimum absolute atomic E-state index is 0.139. The largest absolute Gasteiger partial charge is 0.497 e. The highest BCUT2D eigenvalue weighted by molar-refractivity contribution is 5.90. The van der Waals surface area contributed by atoms with Gasteiger partial charge < -0.3 is 19.1 Å². The number of carbonyl (C=O) groups is 1. The fourth-order valence-corrected chi connectivity index (χ4v) is 4.81. The second-order valence-electron chi connectivity index (χ2n) is 9.97. The van der Waals surface area contributed by atoms with Crippen molar-refractivity contribution in [2.45, 2.75) is 38.1 Å². The number of carbonyl (C=O) groups excluding carboxylic acids is 1. The van der Waals surface area contributed by atoms with E-state index in [0.29, 0.717) is 39.5 Å². The van der Waals surface area contributed by atoms with Crippen molar-refractivity contribution in [1.29, 1.82) is 0 Å². The highest BCUT2D eigenvalue weighted by Crippen LogP contribution is 2.37. The minimum atomic E-state index is -0.599. The van der Waals surface area contributed by atoms with E-state index in [4.69, 9.17) is 14.2 Å². The van der Waals surface area contributed by atoms with Crippen LogP contribution in [0.4, 0.5) is 0 Å². The molecular weight excluding hydrogens is 488 g/mol. The summed E-state index contributed by atoms with van der Waals surface area (Å²) in [5.41, 5.74) is 2.86. The first kappa shape index (κ1) is 28.6. The van der Waals surface area contributed by atoms with Crippen molar-refractivity contribution in [3.8, 4) is 5.75 Å². The van der Waals surface area contributed by atoms with Crippen LogP contribution in [0, 0.1) is 0 Å². The van der Waals surface area contributed by atoms with Crippen LogP contribution in [-0.4, -0.2) is 61.8 Å². The van der Waals surface area contributed by atoms with Gasteiger partial charge in [-0.1, -0.05) is 84.9 Å². The van der Waals surface area contributed by atoms with E-state index < -0.39 is 5.54 Å². The summed E-state index contributed by atoms with van der Waals surface area (Å²) in [5.74, 6) is 0.987. The number of ether oxygens (including phenoxy) is 3. The Labute approximate surface area is 232 Å².